The van der Waals surface area contributed by atoms with Crippen molar-refractivity contribution in [3.05, 3.63) is 28.5 Å². The van der Waals surface area contributed by atoms with Crippen LogP contribution in [0.3, 0.4) is 0 Å². The first-order chi connectivity index (χ1) is 8.08. The van der Waals surface area contributed by atoms with Gasteiger partial charge in [0.15, 0.2) is 4.77 Å². The molecule has 0 bridgehead atoms. The van der Waals surface area contributed by atoms with Crippen molar-refractivity contribution >= 4 is 29.3 Å². The summed E-state index contributed by atoms with van der Waals surface area (Å²) in [6.07, 6.45) is -0.771. The molecular weight excluding hydrogens is 238 g/mol. The van der Waals surface area contributed by atoms with Gasteiger partial charge in [-0.2, -0.15) is 0 Å². The van der Waals surface area contributed by atoms with Crippen LogP contribution in [0, 0.1) is 11.7 Å². The Morgan fingerprint density at radius 2 is 2.35 bits per heavy atom. The number of benzene rings is 1. The van der Waals surface area contributed by atoms with Gasteiger partial charge in [-0.25, -0.2) is 4.79 Å². The van der Waals surface area contributed by atoms with Gasteiger partial charge in [0.05, 0.1) is 17.6 Å². The fraction of sp³-hybridized carbons (Fsp3) is 0.273. The molecule has 0 fully saturated rings. The van der Waals surface area contributed by atoms with Crippen molar-refractivity contribution in [2.24, 2.45) is 5.73 Å². The van der Waals surface area contributed by atoms with Crippen LogP contribution in [-0.4, -0.2) is 22.3 Å². The maximum atomic E-state index is 10.5. The molecule has 2 rings (SSSR count). The van der Waals surface area contributed by atoms with Gasteiger partial charge in [0.2, 0.25) is 0 Å². The Morgan fingerprint density at radius 1 is 1.59 bits per heavy atom. The highest BCUT2D eigenvalue weighted by Gasteiger charge is 2.04. The fourth-order valence-electron chi connectivity index (χ4n) is 1.72. The molecule has 90 valence electrons. The van der Waals surface area contributed by atoms with E-state index < -0.39 is 6.09 Å². The largest absolute Gasteiger partial charge is 0.448 e. The van der Waals surface area contributed by atoms with Crippen molar-refractivity contribution < 1.29 is 9.53 Å². The first kappa shape index (κ1) is 11.7. The minimum Gasteiger partial charge on any atom is -0.448 e. The average Bonchev–Trinajstić information content (AvgIpc) is 2.55. The second-order valence-electron chi connectivity index (χ2n) is 3.77. The van der Waals surface area contributed by atoms with Crippen molar-refractivity contribution in [2.75, 3.05) is 6.61 Å². The first-order valence-electron chi connectivity index (χ1n) is 5.19. The zero-order valence-corrected chi connectivity index (χ0v) is 10.2. The Morgan fingerprint density at radius 3 is 3.06 bits per heavy atom. The summed E-state index contributed by atoms with van der Waals surface area (Å²) in [5, 5.41) is 0. The molecule has 1 aromatic heterocycles. The van der Waals surface area contributed by atoms with Crippen LogP contribution in [0.4, 0.5) is 4.79 Å². The van der Waals surface area contributed by atoms with Crippen molar-refractivity contribution in [3.8, 4) is 0 Å². The highest BCUT2D eigenvalue weighted by Crippen LogP contribution is 2.15. The van der Waals surface area contributed by atoms with Crippen molar-refractivity contribution in [1.29, 1.82) is 0 Å². The topological polar surface area (TPSA) is 73.0 Å². The van der Waals surface area contributed by atoms with Crippen LogP contribution in [0.1, 0.15) is 5.56 Å². The van der Waals surface area contributed by atoms with Gasteiger partial charge in [0.1, 0.15) is 6.61 Å². The quantitative estimate of drug-likeness (QED) is 0.820. The molecule has 2 aromatic rings. The van der Waals surface area contributed by atoms with Crippen molar-refractivity contribution in [2.45, 2.75) is 13.5 Å². The summed E-state index contributed by atoms with van der Waals surface area (Å²) in [7, 11) is 0. The molecule has 0 aliphatic heterocycles. The number of primary amides is 1. The van der Waals surface area contributed by atoms with Crippen LogP contribution in [0.25, 0.3) is 11.0 Å². The van der Waals surface area contributed by atoms with Gasteiger partial charge in [0.25, 0.3) is 0 Å². The Hall–Kier alpha value is -1.82. The minimum absolute atomic E-state index is 0.213. The van der Waals surface area contributed by atoms with E-state index in [2.05, 4.69) is 4.98 Å². The summed E-state index contributed by atoms with van der Waals surface area (Å²) >= 11 is 5.21. The minimum atomic E-state index is -0.771. The molecule has 5 nitrogen and oxygen atoms in total. The van der Waals surface area contributed by atoms with E-state index in [-0.39, 0.29) is 6.61 Å². The second-order valence-corrected chi connectivity index (χ2v) is 4.16. The highest BCUT2D eigenvalue weighted by atomic mass is 32.1. The summed E-state index contributed by atoms with van der Waals surface area (Å²) in [5.74, 6) is 0. The molecule has 0 aliphatic rings. The maximum absolute atomic E-state index is 10.5. The van der Waals surface area contributed by atoms with E-state index in [4.69, 9.17) is 22.7 Å². The molecule has 0 aliphatic carbocycles. The molecule has 1 aromatic carbocycles. The number of rotatable bonds is 3. The zero-order valence-electron chi connectivity index (χ0n) is 9.40. The summed E-state index contributed by atoms with van der Waals surface area (Å²) in [5.41, 5.74) is 8.03. The number of fused-ring (bicyclic) bond motifs is 1. The number of amides is 1. The van der Waals surface area contributed by atoms with Crippen LogP contribution in [-0.2, 0) is 11.3 Å². The highest BCUT2D eigenvalue weighted by molar-refractivity contribution is 7.71. The number of ether oxygens (including phenoxy) is 1. The van der Waals surface area contributed by atoms with Crippen molar-refractivity contribution in [3.63, 3.8) is 0 Å². The lowest BCUT2D eigenvalue weighted by molar-refractivity contribution is 0.152. The van der Waals surface area contributed by atoms with E-state index in [9.17, 15) is 4.79 Å². The molecule has 3 N–H and O–H groups in total. The van der Waals surface area contributed by atoms with Gasteiger partial charge < -0.3 is 20.0 Å². The Kier molecular flexibility index (Phi) is 3.14. The molecule has 0 saturated carbocycles. The molecule has 1 amide bonds. The Balaban J connectivity index is 2.32. The Bertz CT molecular complexity index is 615. The van der Waals surface area contributed by atoms with Gasteiger partial charge in [-0.05, 0) is 36.8 Å². The van der Waals surface area contributed by atoms with E-state index >= 15 is 0 Å². The number of nitrogens with two attached hydrogens (primary N) is 1. The van der Waals surface area contributed by atoms with Crippen LogP contribution in [0.2, 0.25) is 0 Å². The average molecular weight is 251 g/mol. The van der Waals surface area contributed by atoms with Crippen LogP contribution in [0.15, 0.2) is 18.2 Å². The van der Waals surface area contributed by atoms with Gasteiger partial charge >= 0.3 is 6.09 Å². The van der Waals surface area contributed by atoms with Crippen molar-refractivity contribution in [1.82, 2.24) is 9.55 Å². The second kappa shape index (κ2) is 4.58. The molecule has 6 heteroatoms. The number of nitrogens with one attached hydrogen (secondary N) is 1. The third-order valence-corrected chi connectivity index (χ3v) is 2.81. The van der Waals surface area contributed by atoms with Gasteiger partial charge in [-0.1, -0.05) is 6.07 Å². The predicted molar refractivity (Wildman–Crippen MR) is 67.4 cm³/mol. The predicted octanol–water partition coefficient (Wildman–Crippen LogP) is 2.10. The number of aromatic amines is 1. The molecular formula is C11H13N3O2S. The summed E-state index contributed by atoms with van der Waals surface area (Å²) < 4.78 is 7.21. The number of nitrogens with zero attached hydrogens (tertiary/aromatic N) is 1. The van der Waals surface area contributed by atoms with Gasteiger partial charge in [-0.15, -0.1) is 0 Å². The lowest BCUT2D eigenvalue weighted by atomic mass is 10.2. The van der Waals surface area contributed by atoms with E-state index in [0.717, 1.165) is 16.6 Å². The first-order valence-corrected chi connectivity index (χ1v) is 5.60. The molecule has 0 spiro atoms. The lowest BCUT2D eigenvalue weighted by Crippen LogP contribution is -2.16. The van der Waals surface area contributed by atoms with E-state index in [1.165, 1.54) is 0 Å². The maximum Gasteiger partial charge on any atom is 0.404 e. The number of hydrogen-bond acceptors (Lipinski definition) is 3. The number of carbonyl (C=O) groups excluding carboxylic acids is 1. The monoisotopic (exact) mass is 251 g/mol. The van der Waals surface area contributed by atoms with Gasteiger partial charge in [0, 0.05) is 0 Å². The molecule has 0 atom stereocenters. The normalized spacial score (nSPS) is 10.6. The standard InChI is InChI=1S/C11H13N3O2S/c1-7-2-3-8-9(6-7)14(11(17)13-8)4-5-16-10(12)15/h2-3,6H,4-5H2,1H3,(H2,12,15)(H,13,17). The fourth-order valence-corrected chi connectivity index (χ4v) is 2.02. The number of H-pyrrole nitrogens is 1. The summed E-state index contributed by atoms with van der Waals surface area (Å²) in [4.78, 5) is 13.6. The van der Waals surface area contributed by atoms with Crippen LogP contribution in [0.5, 0.6) is 0 Å². The van der Waals surface area contributed by atoms with E-state index in [0.29, 0.717) is 11.3 Å². The van der Waals surface area contributed by atoms with E-state index in [1.54, 1.807) is 0 Å². The number of carbonyl (C=O) groups is 1. The Labute approximate surface area is 103 Å². The third-order valence-electron chi connectivity index (χ3n) is 2.49. The zero-order chi connectivity index (χ0) is 12.4. The number of aryl methyl sites for hydroxylation is 1. The molecule has 0 unspecified atom stereocenters. The van der Waals surface area contributed by atoms with Crippen LogP contribution >= 0.6 is 12.2 Å². The summed E-state index contributed by atoms with van der Waals surface area (Å²) in [6.45, 7) is 2.72. The number of aromatic nitrogens is 2. The number of hydrogen-bond donors (Lipinski definition) is 2. The molecule has 0 radical (unpaired) electrons. The molecule has 0 saturated heterocycles. The third kappa shape index (κ3) is 2.47. The SMILES string of the molecule is Cc1ccc2[nH]c(=S)n(CCOC(N)=O)c2c1. The molecule has 1 heterocycles. The van der Waals surface area contributed by atoms with Crippen LogP contribution < -0.4 is 5.73 Å². The smallest absolute Gasteiger partial charge is 0.404 e. The lowest BCUT2D eigenvalue weighted by Gasteiger charge is -2.04. The molecule has 17 heavy (non-hydrogen) atoms. The van der Waals surface area contributed by atoms with E-state index in [1.807, 2.05) is 29.7 Å². The summed E-state index contributed by atoms with van der Waals surface area (Å²) in [6, 6.07) is 6.02. The number of imidazole rings is 1. The van der Waals surface area contributed by atoms with Gasteiger partial charge in [-0.3, -0.25) is 0 Å².